The zero-order valence-corrected chi connectivity index (χ0v) is 12.8. The van der Waals surface area contributed by atoms with Crippen LogP contribution in [-0.2, 0) is 9.53 Å². The van der Waals surface area contributed by atoms with Crippen molar-refractivity contribution in [2.75, 3.05) is 6.61 Å². The minimum Gasteiger partial charge on any atom is -0.464 e. The SMILES string of the molecule is CCOC(=O)[C@@H](NC(=O)c1ccccc1)[C@@H](O)c1ccccc1. The van der Waals surface area contributed by atoms with Crippen LogP contribution < -0.4 is 5.32 Å². The van der Waals surface area contributed by atoms with Gasteiger partial charge in [0.05, 0.1) is 6.61 Å². The Morgan fingerprint density at radius 3 is 2.17 bits per heavy atom. The molecule has 0 saturated heterocycles. The van der Waals surface area contributed by atoms with E-state index in [-0.39, 0.29) is 6.61 Å². The molecule has 0 heterocycles. The quantitative estimate of drug-likeness (QED) is 0.801. The summed E-state index contributed by atoms with van der Waals surface area (Å²) in [6, 6.07) is 16.0. The highest BCUT2D eigenvalue weighted by molar-refractivity contribution is 5.96. The number of amides is 1. The van der Waals surface area contributed by atoms with Crippen LogP contribution in [0.5, 0.6) is 0 Å². The Labute approximate surface area is 134 Å². The lowest BCUT2D eigenvalue weighted by atomic mass is 10.0. The number of benzene rings is 2. The summed E-state index contributed by atoms with van der Waals surface area (Å²) in [5, 5.41) is 13.0. The molecular formula is C18H19NO4. The Kier molecular flexibility index (Phi) is 5.88. The number of nitrogens with one attached hydrogen (secondary N) is 1. The molecule has 2 aromatic rings. The number of aliphatic hydroxyl groups is 1. The molecule has 0 radical (unpaired) electrons. The molecule has 0 saturated carbocycles. The first kappa shape index (κ1) is 16.7. The lowest BCUT2D eigenvalue weighted by Crippen LogP contribution is -2.46. The third-order valence-corrected chi connectivity index (χ3v) is 3.32. The maximum Gasteiger partial charge on any atom is 0.331 e. The molecule has 2 aromatic carbocycles. The van der Waals surface area contributed by atoms with Crippen molar-refractivity contribution in [1.29, 1.82) is 0 Å². The maximum absolute atomic E-state index is 12.3. The van der Waals surface area contributed by atoms with Gasteiger partial charge in [-0.05, 0) is 24.6 Å². The van der Waals surface area contributed by atoms with E-state index in [0.29, 0.717) is 11.1 Å². The fourth-order valence-electron chi connectivity index (χ4n) is 2.16. The van der Waals surface area contributed by atoms with Crippen LogP contribution in [0.1, 0.15) is 28.9 Å². The van der Waals surface area contributed by atoms with Crippen molar-refractivity contribution in [2.45, 2.75) is 19.1 Å². The van der Waals surface area contributed by atoms with Crippen LogP contribution in [0, 0.1) is 0 Å². The minimum atomic E-state index is -1.19. The molecular weight excluding hydrogens is 294 g/mol. The average molecular weight is 313 g/mol. The van der Waals surface area contributed by atoms with Gasteiger partial charge in [-0.3, -0.25) is 4.79 Å². The number of hydrogen-bond donors (Lipinski definition) is 2. The lowest BCUT2D eigenvalue weighted by Gasteiger charge is -2.22. The van der Waals surface area contributed by atoms with E-state index in [1.54, 1.807) is 67.6 Å². The molecule has 2 rings (SSSR count). The van der Waals surface area contributed by atoms with Gasteiger partial charge >= 0.3 is 5.97 Å². The van der Waals surface area contributed by atoms with Crippen LogP contribution in [0.2, 0.25) is 0 Å². The van der Waals surface area contributed by atoms with Crippen LogP contribution in [0.4, 0.5) is 0 Å². The first-order chi connectivity index (χ1) is 11.1. The molecule has 23 heavy (non-hydrogen) atoms. The summed E-state index contributed by atoms with van der Waals surface area (Å²) < 4.78 is 4.97. The third kappa shape index (κ3) is 4.40. The summed E-state index contributed by atoms with van der Waals surface area (Å²) in [4.78, 5) is 24.4. The van der Waals surface area contributed by atoms with Gasteiger partial charge in [0.25, 0.3) is 5.91 Å². The first-order valence-electron chi connectivity index (χ1n) is 7.39. The first-order valence-corrected chi connectivity index (χ1v) is 7.39. The number of carbonyl (C=O) groups excluding carboxylic acids is 2. The fraction of sp³-hybridized carbons (Fsp3) is 0.222. The van der Waals surface area contributed by atoms with Gasteiger partial charge in [-0.1, -0.05) is 48.5 Å². The van der Waals surface area contributed by atoms with Crippen LogP contribution in [-0.4, -0.2) is 29.6 Å². The smallest absolute Gasteiger partial charge is 0.331 e. The van der Waals surface area contributed by atoms with Gasteiger partial charge in [-0.15, -0.1) is 0 Å². The van der Waals surface area contributed by atoms with E-state index in [1.165, 1.54) is 0 Å². The molecule has 0 aromatic heterocycles. The Morgan fingerprint density at radius 1 is 1.04 bits per heavy atom. The maximum atomic E-state index is 12.3. The Morgan fingerprint density at radius 2 is 1.61 bits per heavy atom. The van der Waals surface area contributed by atoms with E-state index in [2.05, 4.69) is 5.32 Å². The normalized spacial score (nSPS) is 13.0. The van der Waals surface area contributed by atoms with Gasteiger partial charge in [-0.25, -0.2) is 4.79 Å². The van der Waals surface area contributed by atoms with Crippen molar-refractivity contribution < 1.29 is 19.4 Å². The summed E-state index contributed by atoms with van der Waals surface area (Å²) in [6.07, 6.45) is -1.19. The number of rotatable bonds is 6. The topological polar surface area (TPSA) is 75.6 Å². The van der Waals surface area contributed by atoms with Crippen molar-refractivity contribution in [1.82, 2.24) is 5.32 Å². The van der Waals surface area contributed by atoms with E-state index in [9.17, 15) is 14.7 Å². The van der Waals surface area contributed by atoms with Crippen LogP contribution in [0.15, 0.2) is 60.7 Å². The molecule has 0 bridgehead atoms. The number of carbonyl (C=O) groups is 2. The molecule has 0 aliphatic carbocycles. The van der Waals surface area contributed by atoms with E-state index < -0.39 is 24.0 Å². The van der Waals surface area contributed by atoms with Crippen LogP contribution in [0.25, 0.3) is 0 Å². The number of esters is 1. The van der Waals surface area contributed by atoms with E-state index in [4.69, 9.17) is 4.74 Å². The molecule has 5 nitrogen and oxygen atoms in total. The van der Waals surface area contributed by atoms with Gasteiger partial charge in [0.2, 0.25) is 0 Å². The van der Waals surface area contributed by atoms with Crippen molar-refractivity contribution in [3.8, 4) is 0 Å². The van der Waals surface area contributed by atoms with Crippen molar-refractivity contribution in [3.05, 3.63) is 71.8 Å². The van der Waals surface area contributed by atoms with Crippen LogP contribution >= 0.6 is 0 Å². The average Bonchev–Trinajstić information content (AvgIpc) is 2.60. The fourth-order valence-corrected chi connectivity index (χ4v) is 2.16. The molecule has 0 spiro atoms. The summed E-state index contributed by atoms with van der Waals surface area (Å²) in [5.74, 6) is -1.12. The summed E-state index contributed by atoms with van der Waals surface area (Å²) in [7, 11) is 0. The van der Waals surface area contributed by atoms with Gasteiger partial charge < -0.3 is 15.2 Å². The van der Waals surface area contributed by atoms with Crippen molar-refractivity contribution >= 4 is 11.9 Å². The molecule has 2 atom stereocenters. The van der Waals surface area contributed by atoms with Gasteiger partial charge in [-0.2, -0.15) is 0 Å². The number of hydrogen-bond acceptors (Lipinski definition) is 4. The molecule has 0 aliphatic rings. The number of ether oxygens (including phenoxy) is 1. The second-order valence-corrected chi connectivity index (χ2v) is 4.92. The molecule has 0 aliphatic heterocycles. The van der Waals surface area contributed by atoms with Gasteiger partial charge in [0.15, 0.2) is 6.04 Å². The highest BCUT2D eigenvalue weighted by atomic mass is 16.5. The monoisotopic (exact) mass is 313 g/mol. The Hall–Kier alpha value is -2.66. The molecule has 0 unspecified atom stereocenters. The highest BCUT2D eigenvalue weighted by Gasteiger charge is 2.31. The van der Waals surface area contributed by atoms with Gasteiger partial charge in [0, 0.05) is 5.56 Å². The summed E-state index contributed by atoms with van der Waals surface area (Å²) in [6.45, 7) is 1.83. The second kappa shape index (κ2) is 8.10. The third-order valence-electron chi connectivity index (χ3n) is 3.32. The van der Waals surface area contributed by atoms with E-state index >= 15 is 0 Å². The zero-order valence-electron chi connectivity index (χ0n) is 12.8. The molecule has 0 fully saturated rings. The molecule has 5 heteroatoms. The van der Waals surface area contributed by atoms with Crippen molar-refractivity contribution in [2.24, 2.45) is 0 Å². The minimum absolute atomic E-state index is 0.165. The predicted octanol–water partition coefficient (Wildman–Crippen LogP) is 2.08. The summed E-state index contributed by atoms with van der Waals surface area (Å²) >= 11 is 0. The highest BCUT2D eigenvalue weighted by Crippen LogP contribution is 2.18. The molecule has 1 amide bonds. The number of aliphatic hydroxyl groups excluding tert-OH is 1. The molecule has 2 N–H and O–H groups in total. The van der Waals surface area contributed by atoms with Gasteiger partial charge in [0.1, 0.15) is 6.10 Å². The van der Waals surface area contributed by atoms with E-state index in [1.807, 2.05) is 0 Å². The standard InChI is InChI=1S/C18H19NO4/c1-2-23-18(22)15(16(20)13-9-5-3-6-10-13)19-17(21)14-11-7-4-8-12-14/h3-12,15-16,20H,2H2,1H3,(H,19,21)/t15-,16-/m0/s1. The lowest BCUT2D eigenvalue weighted by molar-refractivity contribution is -0.148. The zero-order chi connectivity index (χ0) is 16.7. The van der Waals surface area contributed by atoms with E-state index in [0.717, 1.165) is 0 Å². The molecule has 120 valence electrons. The predicted molar refractivity (Wildman–Crippen MR) is 85.7 cm³/mol. The Bertz CT molecular complexity index is 643. The Balaban J connectivity index is 2.21. The van der Waals surface area contributed by atoms with Crippen LogP contribution in [0.3, 0.4) is 0 Å². The van der Waals surface area contributed by atoms with Crippen molar-refractivity contribution in [3.63, 3.8) is 0 Å². The second-order valence-electron chi connectivity index (χ2n) is 4.92. The summed E-state index contributed by atoms with van der Waals surface area (Å²) in [5.41, 5.74) is 0.931. The largest absolute Gasteiger partial charge is 0.464 e.